The summed E-state index contributed by atoms with van der Waals surface area (Å²) in [6, 6.07) is 17.2. The van der Waals surface area contributed by atoms with Crippen LogP contribution >= 0.6 is 15.9 Å². The van der Waals surface area contributed by atoms with Gasteiger partial charge in [0.2, 0.25) is 5.56 Å². The zero-order valence-electron chi connectivity index (χ0n) is 16.1. The summed E-state index contributed by atoms with van der Waals surface area (Å²) < 4.78 is 18.0. The van der Waals surface area contributed by atoms with Gasteiger partial charge in [-0.25, -0.2) is 0 Å². The first-order valence-electron chi connectivity index (χ1n) is 9.90. The average molecular weight is 458 g/mol. The maximum absolute atomic E-state index is 12.0. The van der Waals surface area contributed by atoms with Gasteiger partial charge in [-0.05, 0) is 42.5 Å². The minimum atomic E-state index is -0.196. The van der Waals surface area contributed by atoms with E-state index in [-0.39, 0.29) is 18.0 Å². The highest BCUT2D eigenvalue weighted by molar-refractivity contribution is 9.09. The number of halogens is 1. The minimum absolute atomic E-state index is 0.161. The molecule has 6 heteroatoms. The lowest BCUT2D eigenvalue weighted by atomic mass is 10.0. The van der Waals surface area contributed by atoms with Gasteiger partial charge >= 0.3 is 0 Å². The Balaban J connectivity index is 1.63. The molecule has 0 radical (unpaired) electrons. The maximum atomic E-state index is 12.0. The summed E-state index contributed by atoms with van der Waals surface area (Å²) in [5.41, 5.74) is 2.59. The van der Waals surface area contributed by atoms with Gasteiger partial charge in [-0.3, -0.25) is 4.79 Å². The second kappa shape index (κ2) is 9.57. The summed E-state index contributed by atoms with van der Waals surface area (Å²) >= 11 is 3.58. The number of hydrogen-bond donors (Lipinski definition) is 1. The number of rotatable bonds is 7. The largest absolute Gasteiger partial charge is 0.487 e. The van der Waals surface area contributed by atoms with Gasteiger partial charge in [0.25, 0.3) is 0 Å². The Morgan fingerprint density at radius 2 is 1.97 bits per heavy atom. The molecule has 3 aromatic rings. The number of benzene rings is 2. The van der Waals surface area contributed by atoms with Crippen LogP contribution in [0.25, 0.3) is 10.9 Å². The average Bonchev–Trinajstić information content (AvgIpc) is 2.77. The molecule has 1 aromatic heterocycles. The number of hydrogen-bond acceptors (Lipinski definition) is 4. The molecule has 2 aromatic carbocycles. The number of alkyl halides is 1. The van der Waals surface area contributed by atoms with E-state index < -0.39 is 0 Å². The molecule has 1 N–H and O–H groups in total. The van der Waals surface area contributed by atoms with Gasteiger partial charge in [0.05, 0.1) is 11.6 Å². The number of fused-ring (bicyclic) bond motifs is 1. The summed E-state index contributed by atoms with van der Waals surface area (Å²) in [5.74, 6) is 0.646. The van der Waals surface area contributed by atoms with Crippen LogP contribution in [0.15, 0.2) is 59.4 Å². The van der Waals surface area contributed by atoms with Crippen LogP contribution in [0.4, 0.5) is 0 Å². The number of pyridine rings is 1. The highest BCUT2D eigenvalue weighted by Gasteiger charge is 2.23. The molecule has 2 atom stereocenters. The van der Waals surface area contributed by atoms with Crippen molar-refractivity contribution in [2.24, 2.45) is 0 Å². The Bertz CT molecular complexity index is 999. The van der Waals surface area contributed by atoms with E-state index in [9.17, 15) is 4.79 Å². The van der Waals surface area contributed by atoms with E-state index in [0.717, 1.165) is 42.4 Å². The predicted molar refractivity (Wildman–Crippen MR) is 117 cm³/mol. The Hall–Kier alpha value is -2.15. The SMILES string of the molecule is O=c1ccc2c([C@H](CBr)OC3CCCCO3)ccc(OCc3ccccc3)c2[nH]1. The lowest BCUT2D eigenvalue weighted by Gasteiger charge is -2.28. The molecule has 1 aliphatic heterocycles. The standard InChI is InChI=1S/C23H24BrNO4/c24-14-20(29-22-8-4-5-13-27-22)17-9-11-19(23-18(17)10-12-21(26)25-23)28-15-16-6-2-1-3-7-16/h1-3,6-7,9-12,20,22H,4-5,8,13-15H2,(H,25,26)/t20-,22?/m0/s1. The molecule has 0 aliphatic carbocycles. The van der Waals surface area contributed by atoms with E-state index in [1.165, 1.54) is 6.07 Å². The molecular weight excluding hydrogens is 434 g/mol. The summed E-state index contributed by atoms with van der Waals surface area (Å²) in [6.45, 7) is 1.17. The Morgan fingerprint density at radius 1 is 1.10 bits per heavy atom. The molecule has 1 fully saturated rings. The van der Waals surface area contributed by atoms with Crippen LogP contribution in [-0.4, -0.2) is 23.2 Å². The van der Waals surface area contributed by atoms with Gasteiger partial charge < -0.3 is 19.2 Å². The van der Waals surface area contributed by atoms with Gasteiger partial charge in [-0.2, -0.15) is 0 Å². The van der Waals surface area contributed by atoms with Gasteiger partial charge in [0.1, 0.15) is 12.4 Å². The number of nitrogens with one attached hydrogen (secondary N) is 1. The molecule has 152 valence electrons. The van der Waals surface area contributed by atoms with Crippen LogP contribution in [0.5, 0.6) is 5.75 Å². The molecule has 1 saturated heterocycles. The minimum Gasteiger partial charge on any atom is -0.487 e. The van der Waals surface area contributed by atoms with E-state index in [0.29, 0.717) is 23.2 Å². The molecule has 0 spiro atoms. The molecule has 2 heterocycles. The van der Waals surface area contributed by atoms with Crippen LogP contribution in [0.2, 0.25) is 0 Å². The normalized spacial score (nSPS) is 17.9. The third-order valence-corrected chi connectivity index (χ3v) is 5.66. The summed E-state index contributed by atoms with van der Waals surface area (Å²) in [5, 5.41) is 1.54. The van der Waals surface area contributed by atoms with Crippen molar-refractivity contribution in [2.45, 2.75) is 38.3 Å². The van der Waals surface area contributed by atoms with Crippen molar-refractivity contribution >= 4 is 26.8 Å². The van der Waals surface area contributed by atoms with Crippen LogP contribution < -0.4 is 10.3 Å². The van der Waals surface area contributed by atoms with Crippen molar-refractivity contribution in [3.05, 3.63) is 76.1 Å². The van der Waals surface area contributed by atoms with Gasteiger partial charge in [-0.15, -0.1) is 0 Å². The quantitative estimate of drug-likeness (QED) is 0.502. The van der Waals surface area contributed by atoms with Gasteiger partial charge in [0, 0.05) is 23.4 Å². The van der Waals surface area contributed by atoms with Gasteiger partial charge in [-0.1, -0.05) is 52.3 Å². The molecule has 1 aliphatic rings. The molecule has 29 heavy (non-hydrogen) atoms. The predicted octanol–water partition coefficient (Wildman–Crippen LogP) is 5.09. The van der Waals surface area contributed by atoms with Crippen molar-refractivity contribution in [3.63, 3.8) is 0 Å². The fraction of sp³-hybridized carbons (Fsp3) is 0.348. The molecular formula is C23H24BrNO4. The Kier molecular flexibility index (Phi) is 6.64. The van der Waals surface area contributed by atoms with Crippen molar-refractivity contribution < 1.29 is 14.2 Å². The number of H-pyrrole nitrogens is 1. The Labute approximate surface area is 178 Å². The smallest absolute Gasteiger partial charge is 0.248 e. The first-order chi connectivity index (χ1) is 14.2. The summed E-state index contributed by atoms with van der Waals surface area (Å²) in [4.78, 5) is 14.9. The maximum Gasteiger partial charge on any atom is 0.248 e. The van der Waals surface area contributed by atoms with Crippen LogP contribution in [0.1, 0.15) is 36.5 Å². The highest BCUT2D eigenvalue weighted by Crippen LogP contribution is 2.34. The van der Waals surface area contributed by atoms with E-state index >= 15 is 0 Å². The molecule has 0 amide bonds. The zero-order chi connectivity index (χ0) is 20.1. The second-order valence-electron chi connectivity index (χ2n) is 7.11. The second-order valence-corrected chi connectivity index (χ2v) is 7.76. The topological polar surface area (TPSA) is 60.6 Å². The van der Waals surface area contributed by atoms with Crippen molar-refractivity contribution in [2.75, 3.05) is 11.9 Å². The fourth-order valence-corrected chi connectivity index (χ4v) is 4.08. The van der Waals surface area contributed by atoms with Crippen LogP contribution in [0.3, 0.4) is 0 Å². The van der Waals surface area contributed by atoms with Crippen LogP contribution in [-0.2, 0) is 16.1 Å². The monoisotopic (exact) mass is 457 g/mol. The summed E-state index contributed by atoms with van der Waals surface area (Å²) in [7, 11) is 0. The molecule has 0 saturated carbocycles. The molecule has 5 nitrogen and oxygen atoms in total. The molecule has 0 bridgehead atoms. The zero-order valence-corrected chi connectivity index (χ0v) is 17.7. The lowest BCUT2D eigenvalue weighted by molar-refractivity contribution is -0.184. The number of aromatic amines is 1. The van der Waals surface area contributed by atoms with E-state index in [4.69, 9.17) is 14.2 Å². The van der Waals surface area contributed by atoms with Crippen molar-refractivity contribution in [3.8, 4) is 5.75 Å². The summed E-state index contributed by atoms with van der Waals surface area (Å²) in [6.07, 6.45) is 2.71. The van der Waals surface area contributed by atoms with Gasteiger partial charge in [0.15, 0.2) is 6.29 Å². The lowest BCUT2D eigenvalue weighted by Crippen LogP contribution is -2.25. The first-order valence-corrected chi connectivity index (χ1v) is 11.0. The third kappa shape index (κ3) is 4.89. The van der Waals surface area contributed by atoms with Crippen molar-refractivity contribution in [1.82, 2.24) is 4.98 Å². The van der Waals surface area contributed by atoms with Crippen LogP contribution in [0, 0.1) is 0 Å². The van der Waals surface area contributed by atoms with E-state index in [1.54, 1.807) is 0 Å². The third-order valence-electron chi connectivity index (χ3n) is 5.07. The first kappa shape index (κ1) is 20.1. The Morgan fingerprint density at radius 3 is 2.72 bits per heavy atom. The number of ether oxygens (including phenoxy) is 3. The molecule has 1 unspecified atom stereocenters. The highest BCUT2D eigenvalue weighted by atomic mass is 79.9. The number of aromatic nitrogens is 1. The van der Waals surface area contributed by atoms with E-state index in [2.05, 4.69) is 20.9 Å². The fourth-order valence-electron chi connectivity index (χ4n) is 3.58. The molecule has 4 rings (SSSR count). The van der Waals surface area contributed by atoms with Crippen molar-refractivity contribution in [1.29, 1.82) is 0 Å². The van der Waals surface area contributed by atoms with E-state index in [1.807, 2.05) is 48.5 Å².